The van der Waals surface area contributed by atoms with Gasteiger partial charge in [-0.05, 0) is 50.6 Å². The van der Waals surface area contributed by atoms with Gasteiger partial charge in [0.2, 0.25) is 0 Å². The standard InChI is InChI=1S/C25H25N7O3/c1-25(2,3)34-24(33)26-15-21-28-23(35-30-21)22-19-7-4-5-8-20(19)32(29-22)16-17-9-11-18(12-10-17)31-14-6-13-27-31/h4-14H,15-16H2,1-3H3,(H,26,33). The van der Waals surface area contributed by atoms with E-state index < -0.39 is 11.7 Å². The Balaban J connectivity index is 1.35. The van der Waals surface area contributed by atoms with Gasteiger partial charge in [-0.1, -0.05) is 35.5 Å². The van der Waals surface area contributed by atoms with E-state index in [1.54, 1.807) is 27.0 Å². The van der Waals surface area contributed by atoms with Crippen molar-refractivity contribution in [2.24, 2.45) is 0 Å². The van der Waals surface area contributed by atoms with Crippen molar-refractivity contribution in [1.29, 1.82) is 0 Å². The summed E-state index contributed by atoms with van der Waals surface area (Å²) in [5.41, 5.74) is 3.03. The number of rotatable bonds is 6. The second-order valence-electron chi connectivity index (χ2n) is 9.01. The Hall–Kier alpha value is -4.47. The molecule has 0 saturated heterocycles. The van der Waals surface area contributed by atoms with Crippen molar-refractivity contribution in [2.75, 3.05) is 0 Å². The third kappa shape index (κ3) is 5.06. The zero-order valence-electron chi connectivity index (χ0n) is 19.7. The molecule has 0 atom stereocenters. The van der Waals surface area contributed by atoms with E-state index in [1.165, 1.54) is 0 Å². The fourth-order valence-electron chi connectivity index (χ4n) is 3.64. The van der Waals surface area contributed by atoms with Gasteiger partial charge < -0.3 is 14.6 Å². The van der Waals surface area contributed by atoms with Crippen LogP contribution in [0.4, 0.5) is 4.79 Å². The molecule has 10 heteroatoms. The Morgan fingerprint density at radius 2 is 1.89 bits per heavy atom. The summed E-state index contributed by atoms with van der Waals surface area (Å²) in [6.07, 6.45) is 3.11. The molecule has 0 fully saturated rings. The van der Waals surface area contributed by atoms with Crippen LogP contribution in [0.3, 0.4) is 0 Å². The number of fused-ring (bicyclic) bond motifs is 1. The van der Waals surface area contributed by atoms with Crippen molar-refractivity contribution in [3.8, 4) is 17.3 Å². The summed E-state index contributed by atoms with van der Waals surface area (Å²) in [6, 6.07) is 17.9. The van der Waals surface area contributed by atoms with E-state index in [-0.39, 0.29) is 12.4 Å². The minimum Gasteiger partial charge on any atom is -0.444 e. The van der Waals surface area contributed by atoms with E-state index in [4.69, 9.17) is 14.4 Å². The molecule has 0 aliphatic heterocycles. The third-order valence-corrected chi connectivity index (χ3v) is 5.16. The van der Waals surface area contributed by atoms with Crippen LogP contribution in [0.15, 0.2) is 71.5 Å². The van der Waals surface area contributed by atoms with Crippen LogP contribution in [0.25, 0.3) is 28.2 Å². The minimum atomic E-state index is -0.586. The number of para-hydroxylation sites is 1. The number of nitrogens with one attached hydrogen (secondary N) is 1. The summed E-state index contributed by atoms with van der Waals surface area (Å²) in [6.45, 7) is 6.05. The first-order valence-corrected chi connectivity index (χ1v) is 11.2. The largest absolute Gasteiger partial charge is 0.444 e. The highest BCUT2D eigenvalue weighted by Gasteiger charge is 2.20. The number of carbonyl (C=O) groups excluding carboxylic acids is 1. The lowest BCUT2D eigenvalue weighted by molar-refractivity contribution is 0.0522. The Bertz CT molecular complexity index is 1440. The lowest BCUT2D eigenvalue weighted by Crippen LogP contribution is -2.32. The van der Waals surface area contributed by atoms with Gasteiger partial charge in [-0.25, -0.2) is 9.48 Å². The zero-order valence-corrected chi connectivity index (χ0v) is 19.7. The van der Waals surface area contributed by atoms with E-state index in [9.17, 15) is 4.79 Å². The summed E-state index contributed by atoms with van der Waals surface area (Å²) in [5, 5.41) is 16.6. The maximum absolute atomic E-state index is 11.9. The van der Waals surface area contributed by atoms with Gasteiger partial charge in [0.15, 0.2) is 11.5 Å². The van der Waals surface area contributed by atoms with Gasteiger partial charge in [0.05, 0.1) is 24.3 Å². The van der Waals surface area contributed by atoms with Crippen LogP contribution < -0.4 is 5.32 Å². The number of hydrogen-bond donors (Lipinski definition) is 1. The van der Waals surface area contributed by atoms with E-state index in [0.717, 1.165) is 22.2 Å². The van der Waals surface area contributed by atoms with Crippen molar-refractivity contribution in [1.82, 2.24) is 35.0 Å². The predicted octanol–water partition coefficient (Wildman–Crippen LogP) is 4.35. The minimum absolute atomic E-state index is 0.0830. The Morgan fingerprint density at radius 1 is 1.09 bits per heavy atom. The molecular weight excluding hydrogens is 446 g/mol. The number of nitrogens with zero attached hydrogens (tertiary/aromatic N) is 6. The summed E-state index contributed by atoms with van der Waals surface area (Å²) in [5.74, 6) is 0.619. The highest BCUT2D eigenvalue weighted by Crippen LogP contribution is 2.27. The number of carbonyl (C=O) groups is 1. The van der Waals surface area contributed by atoms with Crippen LogP contribution in [0.2, 0.25) is 0 Å². The predicted molar refractivity (Wildman–Crippen MR) is 129 cm³/mol. The Morgan fingerprint density at radius 3 is 2.63 bits per heavy atom. The Labute approximate surface area is 201 Å². The monoisotopic (exact) mass is 471 g/mol. The number of ether oxygens (including phenoxy) is 1. The third-order valence-electron chi connectivity index (χ3n) is 5.16. The highest BCUT2D eigenvalue weighted by atomic mass is 16.6. The number of alkyl carbamates (subject to hydrolysis) is 1. The van der Waals surface area contributed by atoms with Crippen LogP contribution in [0, 0.1) is 0 Å². The molecule has 35 heavy (non-hydrogen) atoms. The normalized spacial score (nSPS) is 11.6. The molecule has 1 N–H and O–H groups in total. The molecule has 178 valence electrons. The highest BCUT2D eigenvalue weighted by molar-refractivity contribution is 5.91. The molecule has 1 amide bonds. The topological polar surface area (TPSA) is 113 Å². The molecule has 0 aliphatic rings. The SMILES string of the molecule is CC(C)(C)OC(=O)NCc1noc(-c2nn(Cc3ccc(-n4cccn4)cc3)c3ccccc23)n1. The van der Waals surface area contributed by atoms with Gasteiger partial charge in [0.1, 0.15) is 5.60 Å². The maximum Gasteiger partial charge on any atom is 0.408 e. The quantitative estimate of drug-likeness (QED) is 0.392. The van der Waals surface area contributed by atoms with E-state index in [2.05, 4.69) is 32.7 Å². The molecule has 5 aromatic rings. The van der Waals surface area contributed by atoms with E-state index in [0.29, 0.717) is 18.1 Å². The van der Waals surface area contributed by atoms with Gasteiger partial charge in [0.25, 0.3) is 5.89 Å². The molecule has 0 unspecified atom stereocenters. The molecule has 0 aliphatic carbocycles. The molecule has 0 bridgehead atoms. The van der Waals surface area contributed by atoms with Crippen molar-refractivity contribution in [3.63, 3.8) is 0 Å². The molecule has 3 aromatic heterocycles. The second-order valence-corrected chi connectivity index (χ2v) is 9.01. The van der Waals surface area contributed by atoms with Crippen LogP contribution in [0.1, 0.15) is 32.2 Å². The molecule has 5 rings (SSSR count). The maximum atomic E-state index is 11.9. The molecule has 10 nitrogen and oxygen atoms in total. The fourth-order valence-corrected chi connectivity index (χ4v) is 3.64. The van der Waals surface area contributed by atoms with Crippen LogP contribution in [0.5, 0.6) is 0 Å². The first-order valence-electron chi connectivity index (χ1n) is 11.2. The van der Waals surface area contributed by atoms with E-state index in [1.807, 2.05) is 58.0 Å². The molecule has 0 radical (unpaired) electrons. The summed E-state index contributed by atoms with van der Waals surface area (Å²) in [4.78, 5) is 16.3. The fraction of sp³-hybridized carbons (Fsp3) is 0.240. The number of aromatic nitrogens is 6. The van der Waals surface area contributed by atoms with Crippen molar-refractivity contribution < 1.29 is 14.1 Å². The van der Waals surface area contributed by atoms with Crippen molar-refractivity contribution in [3.05, 3.63) is 78.4 Å². The smallest absolute Gasteiger partial charge is 0.408 e. The van der Waals surface area contributed by atoms with Gasteiger partial charge in [-0.2, -0.15) is 15.2 Å². The number of amides is 1. The van der Waals surface area contributed by atoms with Gasteiger partial charge >= 0.3 is 6.09 Å². The first-order chi connectivity index (χ1) is 16.9. The first kappa shape index (κ1) is 22.3. The van der Waals surface area contributed by atoms with Gasteiger partial charge in [0, 0.05) is 17.8 Å². The molecule has 2 aromatic carbocycles. The summed E-state index contributed by atoms with van der Waals surface area (Å²) >= 11 is 0. The molecule has 0 saturated carbocycles. The molecular formula is C25H25N7O3. The van der Waals surface area contributed by atoms with Crippen LogP contribution in [-0.2, 0) is 17.8 Å². The second kappa shape index (κ2) is 9.05. The van der Waals surface area contributed by atoms with Crippen LogP contribution >= 0.6 is 0 Å². The van der Waals surface area contributed by atoms with Gasteiger partial charge in [-0.3, -0.25) is 4.68 Å². The molecule has 0 spiro atoms. The average molecular weight is 472 g/mol. The lowest BCUT2D eigenvalue weighted by Gasteiger charge is -2.19. The Kier molecular flexibility index (Phi) is 5.77. The summed E-state index contributed by atoms with van der Waals surface area (Å²) in [7, 11) is 0. The van der Waals surface area contributed by atoms with Crippen molar-refractivity contribution >= 4 is 17.0 Å². The average Bonchev–Trinajstić information content (AvgIpc) is 3.58. The zero-order chi connectivity index (χ0) is 24.4. The van der Waals surface area contributed by atoms with E-state index >= 15 is 0 Å². The van der Waals surface area contributed by atoms with Gasteiger partial charge in [-0.15, -0.1) is 0 Å². The van der Waals surface area contributed by atoms with Crippen LogP contribution in [-0.4, -0.2) is 41.4 Å². The summed E-state index contributed by atoms with van der Waals surface area (Å²) < 4.78 is 14.4. The molecule has 3 heterocycles. The van der Waals surface area contributed by atoms with Crippen molar-refractivity contribution in [2.45, 2.75) is 39.5 Å². The number of benzene rings is 2. The number of hydrogen-bond acceptors (Lipinski definition) is 7. The lowest BCUT2D eigenvalue weighted by atomic mass is 10.2.